The molecule has 0 unspecified atom stereocenters. The molecule has 6 heteroatoms. The molecule has 0 saturated carbocycles. The van der Waals surface area contributed by atoms with Crippen molar-refractivity contribution in [1.29, 1.82) is 10.8 Å². The van der Waals surface area contributed by atoms with Crippen LogP contribution in [-0.2, 0) is 11.2 Å². The van der Waals surface area contributed by atoms with E-state index in [4.69, 9.17) is 20.3 Å². The number of carbonyl (C=O) groups is 1. The fourth-order valence-electron chi connectivity index (χ4n) is 4.04. The molecule has 0 saturated heterocycles. The van der Waals surface area contributed by atoms with Crippen LogP contribution in [0, 0.1) is 22.7 Å². The van der Waals surface area contributed by atoms with E-state index in [-0.39, 0.29) is 11.8 Å². The minimum atomic E-state index is -0.256. The van der Waals surface area contributed by atoms with Crippen molar-refractivity contribution in [3.63, 3.8) is 0 Å². The highest BCUT2D eigenvalue weighted by atomic mass is 16.5. The van der Waals surface area contributed by atoms with Gasteiger partial charge >= 0.3 is 0 Å². The average Bonchev–Trinajstić information content (AvgIpc) is 3.01. The Morgan fingerprint density at radius 2 is 1.59 bits per heavy atom. The first kappa shape index (κ1) is 30.9. The van der Waals surface area contributed by atoms with E-state index in [1.54, 1.807) is 30.3 Å². The van der Waals surface area contributed by atoms with Crippen molar-refractivity contribution in [3.8, 4) is 17.6 Å². The Morgan fingerprint density at radius 3 is 2.27 bits per heavy atom. The zero-order valence-electron chi connectivity index (χ0n) is 23.8. The monoisotopic (exact) mass is 549 g/mol. The summed E-state index contributed by atoms with van der Waals surface area (Å²) in [6.07, 6.45) is 9.88. The molecule has 212 valence electrons. The van der Waals surface area contributed by atoms with Gasteiger partial charge in [0.25, 0.3) is 5.91 Å². The van der Waals surface area contributed by atoms with Crippen LogP contribution in [0.4, 0.5) is 5.69 Å². The van der Waals surface area contributed by atoms with E-state index in [0.29, 0.717) is 35.8 Å². The third kappa shape index (κ3) is 10.8. The molecular weight excluding hydrogens is 510 g/mol. The number of benzene rings is 3. The Labute approximate surface area is 243 Å². The number of hydrogen-bond donors (Lipinski definition) is 3. The normalized spacial score (nSPS) is 10.2. The van der Waals surface area contributed by atoms with E-state index in [2.05, 4.69) is 42.8 Å². The Kier molecular flexibility index (Phi) is 12.9. The summed E-state index contributed by atoms with van der Waals surface area (Å²) in [5, 5.41) is 18.1. The van der Waals surface area contributed by atoms with Gasteiger partial charge in [-0.25, -0.2) is 0 Å². The Bertz CT molecular complexity index is 1370. The third-order valence-electron chi connectivity index (χ3n) is 6.45. The number of carbonyl (C=O) groups excluding carboxylic acids is 1. The van der Waals surface area contributed by atoms with Crippen LogP contribution < -0.4 is 10.1 Å². The summed E-state index contributed by atoms with van der Waals surface area (Å²) in [6.45, 7) is 6.81. The third-order valence-corrected chi connectivity index (χ3v) is 6.45. The molecule has 41 heavy (non-hydrogen) atoms. The van der Waals surface area contributed by atoms with Gasteiger partial charge in [0.15, 0.2) is 0 Å². The molecule has 0 heterocycles. The lowest BCUT2D eigenvalue weighted by Crippen LogP contribution is -2.13. The predicted molar refractivity (Wildman–Crippen MR) is 168 cm³/mol. The van der Waals surface area contributed by atoms with E-state index in [1.165, 1.54) is 30.7 Å². The number of anilines is 1. The lowest BCUT2D eigenvalue weighted by molar-refractivity contribution is 0.102. The van der Waals surface area contributed by atoms with E-state index in [9.17, 15) is 4.79 Å². The number of nitrogens with one attached hydrogen (secondary N) is 3. The summed E-state index contributed by atoms with van der Waals surface area (Å²) in [5.41, 5.74) is 4.69. The predicted octanol–water partition coefficient (Wildman–Crippen LogP) is 7.80. The highest BCUT2D eigenvalue weighted by molar-refractivity contribution is 6.06. The largest absolute Gasteiger partial charge is 0.494 e. The maximum absolute atomic E-state index is 12.8. The maximum atomic E-state index is 12.8. The number of aryl methyl sites for hydroxylation is 1. The number of hydrogen-bond acceptors (Lipinski definition) is 5. The van der Waals surface area contributed by atoms with Crippen LogP contribution in [0.5, 0.6) is 5.75 Å². The Balaban J connectivity index is 1.47. The Hall–Kier alpha value is -4.63. The Morgan fingerprint density at radius 1 is 0.902 bits per heavy atom. The summed E-state index contributed by atoms with van der Waals surface area (Å²) in [4.78, 5) is 12.8. The lowest BCUT2D eigenvalue weighted by atomic mass is 10.1. The fraction of sp³-hybridized carbons (Fsp3) is 0.286. The zero-order valence-corrected chi connectivity index (χ0v) is 23.8. The average molecular weight is 550 g/mol. The van der Waals surface area contributed by atoms with Crippen molar-refractivity contribution < 1.29 is 14.3 Å². The van der Waals surface area contributed by atoms with Gasteiger partial charge in [-0.2, -0.15) is 0 Å². The second-order valence-corrected chi connectivity index (χ2v) is 9.65. The number of unbranched alkanes of at least 4 members (excludes halogenated alkanes) is 4. The van der Waals surface area contributed by atoms with Crippen molar-refractivity contribution in [3.05, 3.63) is 107 Å². The van der Waals surface area contributed by atoms with Crippen molar-refractivity contribution in [1.82, 2.24) is 0 Å². The van der Waals surface area contributed by atoms with Gasteiger partial charge in [0.1, 0.15) is 5.75 Å². The molecule has 0 atom stereocenters. The SMILES string of the molecule is C=CC(=N)OCCCCCCOc1ccc(C(=O)Nc2ccc(C#Cc3ccc(CCCC)cc3)cc2C=N)cc1. The number of rotatable bonds is 15. The van der Waals surface area contributed by atoms with Gasteiger partial charge in [-0.1, -0.05) is 43.9 Å². The molecule has 3 N–H and O–H groups in total. The maximum Gasteiger partial charge on any atom is 0.255 e. The molecule has 0 aliphatic carbocycles. The van der Waals surface area contributed by atoms with Crippen molar-refractivity contribution in [2.24, 2.45) is 0 Å². The molecule has 0 radical (unpaired) electrons. The number of amides is 1. The highest BCUT2D eigenvalue weighted by Crippen LogP contribution is 2.19. The number of ether oxygens (including phenoxy) is 2. The van der Waals surface area contributed by atoms with Crippen LogP contribution in [-0.4, -0.2) is 31.2 Å². The van der Waals surface area contributed by atoms with E-state index in [1.807, 2.05) is 24.3 Å². The van der Waals surface area contributed by atoms with Crippen molar-refractivity contribution >= 4 is 23.7 Å². The summed E-state index contributed by atoms with van der Waals surface area (Å²) >= 11 is 0. The lowest BCUT2D eigenvalue weighted by Gasteiger charge is -2.10. The molecule has 0 aliphatic rings. The summed E-state index contributed by atoms with van der Waals surface area (Å²) in [7, 11) is 0. The summed E-state index contributed by atoms with van der Waals surface area (Å²) < 4.78 is 11.0. The van der Waals surface area contributed by atoms with Crippen molar-refractivity contribution in [2.45, 2.75) is 51.9 Å². The van der Waals surface area contributed by atoms with Gasteiger partial charge < -0.3 is 20.2 Å². The van der Waals surface area contributed by atoms with Crippen LogP contribution in [0.1, 0.15) is 78.1 Å². The summed E-state index contributed by atoms with van der Waals surface area (Å²) in [5.74, 6) is 6.91. The van der Waals surface area contributed by atoms with Gasteiger partial charge in [-0.3, -0.25) is 10.2 Å². The molecule has 3 aromatic carbocycles. The molecule has 0 spiro atoms. The van der Waals surface area contributed by atoms with Crippen LogP contribution in [0.2, 0.25) is 0 Å². The summed E-state index contributed by atoms with van der Waals surface area (Å²) in [6, 6.07) is 20.8. The van der Waals surface area contributed by atoms with Gasteiger partial charge in [0.05, 0.1) is 13.2 Å². The second-order valence-electron chi connectivity index (χ2n) is 9.65. The minimum Gasteiger partial charge on any atom is -0.494 e. The van der Waals surface area contributed by atoms with Gasteiger partial charge in [-0.15, -0.1) is 0 Å². The molecule has 3 aromatic rings. The molecule has 6 nitrogen and oxygen atoms in total. The van der Waals surface area contributed by atoms with E-state index in [0.717, 1.165) is 43.2 Å². The smallest absolute Gasteiger partial charge is 0.255 e. The molecule has 3 rings (SSSR count). The molecule has 0 fully saturated rings. The van der Waals surface area contributed by atoms with Crippen molar-refractivity contribution in [2.75, 3.05) is 18.5 Å². The quantitative estimate of drug-likeness (QED) is 0.0781. The fourth-order valence-corrected chi connectivity index (χ4v) is 4.04. The first-order valence-electron chi connectivity index (χ1n) is 14.2. The highest BCUT2D eigenvalue weighted by Gasteiger charge is 2.09. The molecule has 0 aromatic heterocycles. The van der Waals surface area contributed by atoms with Gasteiger partial charge in [0, 0.05) is 34.2 Å². The minimum absolute atomic E-state index is 0.110. The van der Waals surface area contributed by atoms with Crippen LogP contribution >= 0.6 is 0 Å². The molecule has 0 bridgehead atoms. The topological polar surface area (TPSA) is 95.3 Å². The second kappa shape index (κ2) is 17.1. The molecule has 0 aliphatic heterocycles. The van der Waals surface area contributed by atoms with Crippen LogP contribution in [0.15, 0.2) is 79.4 Å². The zero-order chi connectivity index (χ0) is 29.3. The van der Waals surface area contributed by atoms with E-state index < -0.39 is 0 Å². The first-order chi connectivity index (χ1) is 20.0. The van der Waals surface area contributed by atoms with Gasteiger partial charge in [-0.05, 0) is 105 Å². The standard InChI is InChI=1S/C35H39N3O3/c1-3-5-10-27-11-13-28(14-12-27)15-16-29-17-22-33(31(25-29)26-36)38-35(39)30-18-20-32(21-19-30)40-23-8-6-7-9-24-41-34(37)4-2/h4,11-14,17-22,25-26,36-37H,2-3,5-10,23-24H2,1H3,(H,38,39). The van der Waals surface area contributed by atoms with Crippen LogP contribution in [0.3, 0.4) is 0 Å². The van der Waals surface area contributed by atoms with E-state index >= 15 is 0 Å². The first-order valence-corrected chi connectivity index (χ1v) is 14.2. The van der Waals surface area contributed by atoms with Crippen LogP contribution in [0.25, 0.3) is 0 Å². The molecule has 1 amide bonds. The van der Waals surface area contributed by atoms with Gasteiger partial charge in [0.2, 0.25) is 5.90 Å². The molecular formula is C35H39N3O3.